The lowest BCUT2D eigenvalue weighted by Crippen LogP contribution is -2.48. The van der Waals surface area contributed by atoms with E-state index in [-0.39, 0.29) is 22.5 Å². The van der Waals surface area contributed by atoms with E-state index < -0.39 is 12.1 Å². The maximum atomic E-state index is 12.0. The molecule has 0 aromatic heterocycles. The number of nitrogens with zero attached hydrogens (tertiary/aromatic N) is 3. The first kappa shape index (κ1) is 18.0. The summed E-state index contributed by atoms with van der Waals surface area (Å²) in [4.78, 5) is 28.6. The molecule has 1 N–H and O–H groups in total. The number of aliphatic hydroxyl groups excluding tert-OH is 1. The van der Waals surface area contributed by atoms with Crippen molar-refractivity contribution in [3.63, 3.8) is 0 Å². The van der Waals surface area contributed by atoms with Crippen LogP contribution in [0.4, 0.5) is 5.69 Å². The number of aliphatic hydroxyl groups is 1. The Bertz CT molecular complexity index is 712. The third-order valence-electron chi connectivity index (χ3n) is 4.56. The summed E-state index contributed by atoms with van der Waals surface area (Å²) in [6.45, 7) is 4.83. The van der Waals surface area contributed by atoms with E-state index in [2.05, 4.69) is 4.90 Å². The third-order valence-corrected chi connectivity index (χ3v) is 5.41. The number of benzene rings is 1. The Morgan fingerprint density at radius 1 is 1.16 bits per heavy atom. The van der Waals surface area contributed by atoms with Crippen LogP contribution < -0.4 is 4.90 Å². The summed E-state index contributed by atoms with van der Waals surface area (Å²) < 4.78 is 0. The van der Waals surface area contributed by atoms with E-state index in [0.29, 0.717) is 13.1 Å². The largest absolute Gasteiger partial charge is 0.368 e. The predicted octanol–water partition coefficient (Wildman–Crippen LogP) is 1.70. The molecule has 2 aliphatic heterocycles. The first-order valence-electron chi connectivity index (χ1n) is 8.02. The molecule has 1 saturated heterocycles. The fourth-order valence-electron chi connectivity index (χ4n) is 3.04. The summed E-state index contributed by atoms with van der Waals surface area (Å²) in [6, 6.07) is 7.77. The molecular weight excluding hydrogens is 365 g/mol. The summed E-state index contributed by atoms with van der Waals surface area (Å²) in [5.41, 5.74) is 1.93. The molecule has 0 radical (unpaired) electrons. The molecule has 6 nitrogen and oxygen atoms in total. The zero-order chi connectivity index (χ0) is 18.1. The topological polar surface area (TPSA) is 64.1 Å². The van der Waals surface area contributed by atoms with Gasteiger partial charge >= 0.3 is 0 Å². The van der Waals surface area contributed by atoms with Gasteiger partial charge in [0, 0.05) is 45.3 Å². The van der Waals surface area contributed by atoms with E-state index in [9.17, 15) is 14.7 Å². The highest BCUT2D eigenvalue weighted by atomic mass is 35.5. The maximum absolute atomic E-state index is 12.0. The monoisotopic (exact) mass is 383 g/mol. The van der Waals surface area contributed by atoms with Crippen LogP contribution in [0.25, 0.3) is 0 Å². The maximum Gasteiger partial charge on any atom is 0.269 e. The van der Waals surface area contributed by atoms with Gasteiger partial charge in [0.1, 0.15) is 5.03 Å². The van der Waals surface area contributed by atoms with Crippen molar-refractivity contribution in [2.75, 3.05) is 31.1 Å². The Hall–Kier alpha value is -1.76. The van der Waals surface area contributed by atoms with Gasteiger partial charge in [-0.15, -0.1) is 0 Å². The van der Waals surface area contributed by atoms with Crippen LogP contribution in [0.2, 0.25) is 0 Å². The van der Waals surface area contributed by atoms with Crippen molar-refractivity contribution >= 4 is 40.7 Å². The highest BCUT2D eigenvalue weighted by Crippen LogP contribution is 2.31. The zero-order valence-electron chi connectivity index (χ0n) is 13.8. The van der Waals surface area contributed by atoms with Crippen LogP contribution in [-0.4, -0.2) is 59.1 Å². The van der Waals surface area contributed by atoms with Gasteiger partial charge in [-0.3, -0.25) is 9.59 Å². The second-order valence-electron chi connectivity index (χ2n) is 6.13. The number of carbonyl (C=O) groups is 2. The molecule has 2 aliphatic rings. The van der Waals surface area contributed by atoms with E-state index in [1.165, 1.54) is 4.90 Å². The zero-order valence-corrected chi connectivity index (χ0v) is 15.3. The molecule has 1 unspecified atom stereocenters. The van der Waals surface area contributed by atoms with E-state index in [1.54, 1.807) is 6.92 Å². The number of carbonyl (C=O) groups excluding carboxylic acids is 2. The SMILES string of the molecule is CC(=O)N1CCN(c2ccc(CN3C(=O)C(Cl)=C(Cl)C3O)cc2)CC1. The summed E-state index contributed by atoms with van der Waals surface area (Å²) >= 11 is 11.6. The Balaban J connectivity index is 1.62. The molecule has 3 rings (SSSR count). The number of hydrogen-bond acceptors (Lipinski definition) is 4. The van der Waals surface area contributed by atoms with E-state index in [4.69, 9.17) is 23.2 Å². The molecule has 1 fully saturated rings. The highest BCUT2D eigenvalue weighted by Gasteiger charge is 2.36. The van der Waals surface area contributed by atoms with Crippen LogP contribution in [0.5, 0.6) is 0 Å². The molecule has 1 aromatic rings. The van der Waals surface area contributed by atoms with Gasteiger partial charge in [0.15, 0.2) is 6.23 Å². The van der Waals surface area contributed by atoms with Gasteiger partial charge in [-0.2, -0.15) is 0 Å². The average Bonchev–Trinajstić information content (AvgIpc) is 2.80. The molecule has 134 valence electrons. The molecule has 8 heteroatoms. The van der Waals surface area contributed by atoms with Crippen molar-refractivity contribution in [2.45, 2.75) is 19.7 Å². The number of amides is 2. The lowest BCUT2D eigenvalue weighted by Gasteiger charge is -2.35. The number of piperazine rings is 1. The average molecular weight is 384 g/mol. The molecule has 1 aromatic carbocycles. The third kappa shape index (κ3) is 3.61. The predicted molar refractivity (Wildman–Crippen MR) is 96.2 cm³/mol. The van der Waals surface area contributed by atoms with Gasteiger partial charge in [0.25, 0.3) is 5.91 Å². The first-order valence-corrected chi connectivity index (χ1v) is 8.77. The fourth-order valence-corrected chi connectivity index (χ4v) is 3.44. The molecule has 2 amide bonds. The van der Waals surface area contributed by atoms with Crippen molar-refractivity contribution in [1.82, 2.24) is 9.80 Å². The minimum absolute atomic E-state index is 0.0355. The quantitative estimate of drug-likeness (QED) is 0.862. The van der Waals surface area contributed by atoms with Gasteiger partial charge in [0.05, 0.1) is 5.03 Å². The van der Waals surface area contributed by atoms with Crippen LogP contribution in [0.15, 0.2) is 34.3 Å². The highest BCUT2D eigenvalue weighted by molar-refractivity contribution is 6.49. The molecule has 0 aliphatic carbocycles. The summed E-state index contributed by atoms with van der Waals surface area (Å²) in [6.07, 6.45) is -1.19. The normalized spacial score (nSPS) is 21.4. The second-order valence-corrected chi connectivity index (χ2v) is 6.91. The molecular formula is C17H19Cl2N3O3. The van der Waals surface area contributed by atoms with Gasteiger partial charge in [-0.25, -0.2) is 0 Å². The number of hydrogen-bond donors (Lipinski definition) is 1. The fraction of sp³-hybridized carbons (Fsp3) is 0.412. The van der Waals surface area contributed by atoms with Crippen LogP contribution in [0.3, 0.4) is 0 Å². The Morgan fingerprint density at radius 2 is 1.76 bits per heavy atom. The molecule has 25 heavy (non-hydrogen) atoms. The Kier molecular flexibility index (Phi) is 5.22. The molecule has 0 bridgehead atoms. The molecule has 0 spiro atoms. The van der Waals surface area contributed by atoms with Gasteiger partial charge in [0.2, 0.25) is 5.91 Å². The lowest BCUT2D eigenvalue weighted by atomic mass is 10.1. The summed E-state index contributed by atoms with van der Waals surface area (Å²) in [7, 11) is 0. The van der Waals surface area contributed by atoms with Gasteiger partial charge in [-0.1, -0.05) is 35.3 Å². The molecule has 2 heterocycles. The van der Waals surface area contributed by atoms with Crippen molar-refractivity contribution < 1.29 is 14.7 Å². The Labute approximate surface area is 156 Å². The molecule has 0 saturated carbocycles. The summed E-state index contributed by atoms with van der Waals surface area (Å²) in [5.74, 6) is -0.363. The van der Waals surface area contributed by atoms with Crippen LogP contribution in [-0.2, 0) is 16.1 Å². The summed E-state index contributed by atoms with van der Waals surface area (Å²) in [5, 5.41) is 9.81. The van der Waals surface area contributed by atoms with Crippen molar-refractivity contribution in [1.29, 1.82) is 0 Å². The smallest absolute Gasteiger partial charge is 0.269 e. The van der Waals surface area contributed by atoms with E-state index >= 15 is 0 Å². The Morgan fingerprint density at radius 3 is 2.24 bits per heavy atom. The van der Waals surface area contributed by atoms with Crippen LogP contribution in [0, 0.1) is 0 Å². The van der Waals surface area contributed by atoms with Crippen molar-refractivity contribution in [3.05, 3.63) is 39.9 Å². The standard InChI is InChI=1S/C17H19Cl2N3O3/c1-11(23)20-6-8-21(9-7-20)13-4-2-12(3-5-13)10-22-16(24)14(18)15(19)17(22)25/h2-5,16,24H,6-10H2,1H3. The number of anilines is 1. The first-order chi connectivity index (χ1) is 11.9. The minimum Gasteiger partial charge on any atom is -0.368 e. The molecule has 1 atom stereocenters. The van der Waals surface area contributed by atoms with E-state index in [0.717, 1.165) is 24.3 Å². The van der Waals surface area contributed by atoms with Gasteiger partial charge in [-0.05, 0) is 17.7 Å². The van der Waals surface area contributed by atoms with Crippen LogP contribution >= 0.6 is 23.2 Å². The minimum atomic E-state index is -1.19. The number of halogens is 2. The van der Waals surface area contributed by atoms with Gasteiger partial charge < -0.3 is 19.8 Å². The van der Waals surface area contributed by atoms with Crippen molar-refractivity contribution in [3.8, 4) is 0 Å². The van der Waals surface area contributed by atoms with E-state index in [1.807, 2.05) is 29.2 Å². The lowest BCUT2D eigenvalue weighted by molar-refractivity contribution is -0.132. The van der Waals surface area contributed by atoms with Crippen molar-refractivity contribution in [2.24, 2.45) is 0 Å². The van der Waals surface area contributed by atoms with Crippen LogP contribution in [0.1, 0.15) is 12.5 Å². The second kappa shape index (κ2) is 7.23. The number of rotatable bonds is 3.